The number of nitro groups is 1. The largest absolute Gasteiger partial charge is 0.468 e. The first-order valence-electron chi connectivity index (χ1n) is 5.15. The number of rotatable bonds is 5. The van der Waals surface area contributed by atoms with Crippen LogP contribution in [0.2, 0.25) is 0 Å². The molecule has 0 radical (unpaired) electrons. The van der Waals surface area contributed by atoms with Crippen LogP contribution in [0.1, 0.15) is 24.3 Å². The molecule has 0 amide bonds. The molecule has 90 valence electrons. The van der Waals surface area contributed by atoms with E-state index in [0.29, 0.717) is 6.54 Å². The highest BCUT2D eigenvalue weighted by Crippen LogP contribution is 2.23. The molecule has 0 bridgehead atoms. The van der Waals surface area contributed by atoms with Gasteiger partial charge in [0.25, 0.3) is 0 Å². The lowest BCUT2D eigenvalue weighted by atomic mass is 10.2. The van der Waals surface area contributed by atoms with E-state index in [1.54, 1.807) is 17.7 Å². The summed E-state index contributed by atoms with van der Waals surface area (Å²) >= 11 is 1.14. The topological polar surface area (TPSA) is 68.3 Å². The Hall–Kier alpha value is -1.66. The smallest absolute Gasteiger partial charge is 0.324 e. The van der Waals surface area contributed by atoms with Crippen molar-refractivity contribution < 1.29 is 9.34 Å². The Morgan fingerprint density at radius 1 is 1.65 bits per heavy atom. The van der Waals surface area contributed by atoms with Crippen LogP contribution in [-0.2, 0) is 6.54 Å². The normalized spacial score (nSPS) is 12.5. The summed E-state index contributed by atoms with van der Waals surface area (Å²) in [7, 11) is 0. The van der Waals surface area contributed by atoms with Crippen molar-refractivity contribution in [3.63, 3.8) is 0 Å². The van der Waals surface area contributed by atoms with Gasteiger partial charge in [-0.15, -0.1) is 0 Å². The van der Waals surface area contributed by atoms with Gasteiger partial charge in [-0.3, -0.25) is 10.1 Å². The second-order valence-electron chi connectivity index (χ2n) is 3.67. The van der Waals surface area contributed by atoms with Crippen molar-refractivity contribution in [2.24, 2.45) is 0 Å². The molecular weight excluding hydrogens is 240 g/mol. The van der Waals surface area contributed by atoms with E-state index in [9.17, 15) is 10.1 Å². The Morgan fingerprint density at radius 2 is 2.47 bits per heavy atom. The predicted octanol–water partition coefficient (Wildman–Crippen LogP) is 3.10. The maximum Gasteiger partial charge on any atom is 0.324 e. The van der Waals surface area contributed by atoms with E-state index in [2.05, 4.69) is 5.32 Å². The van der Waals surface area contributed by atoms with Crippen molar-refractivity contribution in [3.05, 3.63) is 51.3 Å². The molecule has 2 rings (SSSR count). The summed E-state index contributed by atoms with van der Waals surface area (Å²) in [5.41, 5.74) is 0.917. The van der Waals surface area contributed by atoms with E-state index in [4.69, 9.17) is 4.42 Å². The molecule has 0 spiro atoms. The lowest BCUT2D eigenvalue weighted by Gasteiger charge is -2.09. The molecule has 5 nitrogen and oxygen atoms in total. The molecule has 2 heterocycles. The molecule has 1 N–H and O–H groups in total. The average Bonchev–Trinajstić information content (AvgIpc) is 2.97. The lowest BCUT2D eigenvalue weighted by molar-refractivity contribution is -0.380. The van der Waals surface area contributed by atoms with Crippen LogP contribution in [0.4, 0.5) is 5.00 Å². The van der Waals surface area contributed by atoms with Gasteiger partial charge in [0, 0.05) is 18.0 Å². The standard InChI is InChI=1S/C11H12N2O3S/c1-8(10-3-2-4-16-10)12-6-9-5-11(13(14)15)17-7-9/h2-5,7-8,12H,6H2,1H3/t8-/m0/s1. The Morgan fingerprint density at radius 3 is 3.06 bits per heavy atom. The molecule has 0 saturated heterocycles. The van der Waals surface area contributed by atoms with Crippen molar-refractivity contribution in [2.75, 3.05) is 0 Å². The zero-order chi connectivity index (χ0) is 12.3. The molecule has 6 heteroatoms. The Balaban J connectivity index is 1.91. The maximum atomic E-state index is 10.5. The SMILES string of the molecule is C[C@H](NCc1csc([N+](=O)[O-])c1)c1ccco1. The van der Waals surface area contributed by atoms with Crippen molar-refractivity contribution in [1.82, 2.24) is 5.32 Å². The summed E-state index contributed by atoms with van der Waals surface area (Å²) in [5.74, 6) is 0.856. The van der Waals surface area contributed by atoms with E-state index >= 15 is 0 Å². The number of hydrogen-bond acceptors (Lipinski definition) is 5. The van der Waals surface area contributed by atoms with E-state index in [0.717, 1.165) is 22.7 Å². The van der Waals surface area contributed by atoms with Gasteiger partial charge in [-0.1, -0.05) is 11.3 Å². The highest BCUT2D eigenvalue weighted by atomic mass is 32.1. The first kappa shape index (κ1) is 11.8. The number of nitrogens with zero attached hydrogens (tertiary/aromatic N) is 1. The minimum absolute atomic E-state index is 0.0870. The van der Waals surface area contributed by atoms with Gasteiger partial charge in [-0.25, -0.2) is 0 Å². The Labute approximate surface area is 102 Å². The van der Waals surface area contributed by atoms with Crippen LogP contribution in [0, 0.1) is 10.1 Å². The second-order valence-corrected chi connectivity index (χ2v) is 4.56. The van der Waals surface area contributed by atoms with E-state index in [1.165, 1.54) is 0 Å². The number of thiophene rings is 1. The van der Waals surface area contributed by atoms with Gasteiger partial charge in [0.1, 0.15) is 5.76 Å². The van der Waals surface area contributed by atoms with Crippen molar-refractivity contribution in [3.8, 4) is 0 Å². The molecule has 2 aromatic rings. The summed E-state index contributed by atoms with van der Waals surface area (Å²) in [6, 6.07) is 5.41. The fourth-order valence-electron chi connectivity index (χ4n) is 1.46. The summed E-state index contributed by atoms with van der Waals surface area (Å²) in [5, 5.41) is 15.7. The fourth-order valence-corrected chi connectivity index (χ4v) is 2.19. The van der Waals surface area contributed by atoms with Crippen LogP contribution in [0.25, 0.3) is 0 Å². The van der Waals surface area contributed by atoms with Crippen LogP contribution >= 0.6 is 11.3 Å². The van der Waals surface area contributed by atoms with Gasteiger partial charge < -0.3 is 9.73 Å². The lowest BCUT2D eigenvalue weighted by Crippen LogP contribution is -2.17. The van der Waals surface area contributed by atoms with Gasteiger partial charge in [0.05, 0.1) is 17.2 Å². The zero-order valence-electron chi connectivity index (χ0n) is 9.25. The van der Waals surface area contributed by atoms with Gasteiger partial charge in [-0.05, 0) is 24.6 Å². The van der Waals surface area contributed by atoms with Crippen molar-refractivity contribution in [2.45, 2.75) is 19.5 Å². The average molecular weight is 252 g/mol. The molecule has 2 aromatic heterocycles. The summed E-state index contributed by atoms with van der Waals surface area (Å²) in [4.78, 5) is 10.1. The molecule has 0 saturated carbocycles. The van der Waals surface area contributed by atoms with E-state index in [-0.39, 0.29) is 16.0 Å². The van der Waals surface area contributed by atoms with Crippen molar-refractivity contribution >= 4 is 16.3 Å². The number of hydrogen-bond donors (Lipinski definition) is 1. The van der Waals surface area contributed by atoms with Crippen LogP contribution in [-0.4, -0.2) is 4.92 Å². The minimum atomic E-state index is -0.371. The van der Waals surface area contributed by atoms with Crippen LogP contribution in [0.15, 0.2) is 34.3 Å². The summed E-state index contributed by atoms with van der Waals surface area (Å²) < 4.78 is 5.26. The highest BCUT2D eigenvalue weighted by molar-refractivity contribution is 7.13. The van der Waals surface area contributed by atoms with Crippen LogP contribution < -0.4 is 5.32 Å². The van der Waals surface area contributed by atoms with Gasteiger partial charge >= 0.3 is 5.00 Å². The predicted molar refractivity (Wildman–Crippen MR) is 64.9 cm³/mol. The summed E-state index contributed by atoms with van der Waals surface area (Å²) in [6.07, 6.45) is 1.63. The third-order valence-electron chi connectivity index (χ3n) is 2.40. The summed E-state index contributed by atoms with van der Waals surface area (Å²) in [6.45, 7) is 2.58. The number of nitrogens with one attached hydrogen (secondary N) is 1. The van der Waals surface area contributed by atoms with E-state index in [1.807, 2.05) is 19.1 Å². The quantitative estimate of drug-likeness (QED) is 0.655. The fraction of sp³-hybridized carbons (Fsp3) is 0.273. The molecule has 1 atom stereocenters. The molecule has 0 aliphatic carbocycles. The molecule has 0 aromatic carbocycles. The first-order chi connectivity index (χ1) is 8.16. The van der Waals surface area contributed by atoms with Gasteiger partial charge in [0.2, 0.25) is 0 Å². The highest BCUT2D eigenvalue weighted by Gasteiger charge is 2.11. The minimum Gasteiger partial charge on any atom is -0.468 e. The first-order valence-corrected chi connectivity index (χ1v) is 6.03. The monoisotopic (exact) mass is 252 g/mol. The third kappa shape index (κ3) is 2.92. The van der Waals surface area contributed by atoms with Gasteiger partial charge in [-0.2, -0.15) is 0 Å². The molecular formula is C11H12N2O3S. The Kier molecular flexibility index (Phi) is 3.55. The van der Waals surface area contributed by atoms with Crippen LogP contribution in [0.3, 0.4) is 0 Å². The Bertz CT molecular complexity index is 493. The van der Waals surface area contributed by atoms with E-state index < -0.39 is 0 Å². The molecule has 0 unspecified atom stereocenters. The number of furan rings is 1. The van der Waals surface area contributed by atoms with Gasteiger partial charge in [0.15, 0.2) is 0 Å². The van der Waals surface area contributed by atoms with Crippen molar-refractivity contribution in [1.29, 1.82) is 0 Å². The third-order valence-corrected chi connectivity index (χ3v) is 3.33. The molecule has 0 fully saturated rings. The zero-order valence-corrected chi connectivity index (χ0v) is 10.1. The molecule has 17 heavy (non-hydrogen) atoms. The maximum absolute atomic E-state index is 10.5. The second kappa shape index (κ2) is 5.11. The van der Waals surface area contributed by atoms with Crippen LogP contribution in [0.5, 0.6) is 0 Å². The molecule has 0 aliphatic rings. The molecule has 0 aliphatic heterocycles.